The van der Waals surface area contributed by atoms with Crippen molar-refractivity contribution >= 4 is 17.5 Å². The molecule has 1 aromatic rings. The lowest BCUT2D eigenvalue weighted by atomic mass is 9.99. The van der Waals surface area contributed by atoms with Crippen LogP contribution < -0.4 is 10.6 Å². The zero-order chi connectivity index (χ0) is 16.5. The maximum atomic E-state index is 11.9. The second-order valence-electron chi connectivity index (χ2n) is 5.88. The number of carbonyl (C=O) groups is 2. The van der Waals surface area contributed by atoms with Crippen LogP contribution in [-0.2, 0) is 9.59 Å². The van der Waals surface area contributed by atoms with Crippen molar-refractivity contribution in [2.24, 2.45) is 5.92 Å². The van der Waals surface area contributed by atoms with E-state index >= 15 is 0 Å². The van der Waals surface area contributed by atoms with Crippen LogP contribution in [0.5, 0.6) is 0 Å². The van der Waals surface area contributed by atoms with Gasteiger partial charge in [0.25, 0.3) is 0 Å². The fraction of sp³-hybridized carbons (Fsp3) is 0.556. The Morgan fingerprint density at radius 2 is 1.82 bits per heavy atom. The molecular weight excluding hydrogens is 276 g/mol. The minimum Gasteiger partial charge on any atom is -0.348 e. The maximum absolute atomic E-state index is 11.9. The average Bonchev–Trinajstić information content (AvgIpc) is 2.50. The summed E-state index contributed by atoms with van der Waals surface area (Å²) in [4.78, 5) is 23.8. The van der Waals surface area contributed by atoms with Gasteiger partial charge in [0.05, 0.1) is 0 Å². The number of anilines is 1. The third-order valence-corrected chi connectivity index (χ3v) is 4.07. The van der Waals surface area contributed by atoms with Crippen molar-refractivity contribution in [1.29, 1.82) is 0 Å². The van der Waals surface area contributed by atoms with Gasteiger partial charge in [-0.05, 0) is 49.4 Å². The van der Waals surface area contributed by atoms with E-state index in [0.29, 0.717) is 18.2 Å². The lowest BCUT2D eigenvalue weighted by Crippen LogP contribution is -2.38. The molecule has 2 amide bonds. The van der Waals surface area contributed by atoms with E-state index in [1.807, 2.05) is 32.0 Å². The molecule has 4 nitrogen and oxygen atoms in total. The van der Waals surface area contributed by atoms with Gasteiger partial charge in [0.15, 0.2) is 0 Å². The quantitative estimate of drug-likeness (QED) is 0.757. The molecular formula is C18H28N2O2. The number of benzene rings is 1. The van der Waals surface area contributed by atoms with Crippen molar-refractivity contribution < 1.29 is 9.59 Å². The third kappa shape index (κ3) is 5.88. The molecule has 1 aromatic carbocycles. The zero-order valence-electron chi connectivity index (χ0n) is 14.2. The molecule has 0 aliphatic heterocycles. The van der Waals surface area contributed by atoms with E-state index in [2.05, 4.69) is 24.5 Å². The van der Waals surface area contributed by atoms with Crippen LogP contribution in [0.25, 0.3) is 0 Å². The molecule has 1 rings (SSSR count). The van der Waals surface area contributed by atoms with Crippen molar-refractivity contribution in [3.05, 3.63) is 29.3 Å². The first-order valence-electron chi connectivity index (χ1n) is 8.14. The summed E-state index contributed by atoms with van der Waals surface area (Å²) in [7, 11) is 0. The summed E-state index contributed by atoms with van der Waals surface area (Å²) in [5.41, 5.74) is 2.90. The molecule has 0 aliphatic rings. The summed E-state index contributed by atoms with van der Waals surface area (Å²) in [5.74, 6) is -0.722. The predicted octanol–water partition coefficient (Wildman–Crippen LogP) is 3.57. The van der Waals surface area contributed by atoms with Gasteiger partial charge in [0.2, 0.25) is 0 Å². The predicted molar refractivity (Wildman–Crippen MR) is 90.9 cm³/mol. The number of unbranched alkanes of at least 4 members (excludes halogenated alkanes) is 1. The first kappa shape index (κ1) is 18.2. The minimum atomic E-state index is -0.603. The van der Waals surface area contributed by atoms with Crippen LogP contribution in [0.2, 0.25) is 0 Å². The van der Waals surface area contributed by atoms with E-state index in [0.717, 1.165) is 36.8 Å². The highest BCUT2D eigenvalue weighted by Crippen LogP contribution is 2.14. The number of hydrogen-bond acceptors (Lipinski definition) is 2. The first-order valence-corrected chi connectivity index (χ1v) is 8.14. The summed E-state index contributed by atoms with van der Waals surface area (Å²) in [5, 5.41) is 5.38. The number of amides is 2. The Morgan fingerprint density at radius 3 is 2.41 bits per heavy atom. The number of rotatable bonds is 7. The van der Waals surface area contributed by atoms with Gasteiger partial charge in [-0.25, -0.2) is 0 Å². The Kier molecular flexibility index (Phi) is 7.64. The zero-order valence-corrected chi connectivity index (χ0v) is 14.2. The summed E-state index contributed by atoms with van der Waals surface area (Å²) in [6.07, 6.45) is 4.41. The molecule has 122 valence electrons. The molecule has 0 aromatic heterocycles. The van der Waals surface area contributed by atoms with E-state index in [9.17, 15) is 9.59 Å². The number of nitrogens with one attached hydrogen (secondary N) is 2. The normalized spacial score (nSPS) is 11.8. The SMILES string of the molecule is CCCCC(CC)CNC(=O)C(=O)Nc1ccc(C)c(C)c1. The minimum absolute atomic E-state index is 0.443. The second kappa shape index (κ2) is 9.23. The molecule has 0 fully saturated rings. The molecule has 0 saturated carbocycles. The fourth-order valence-corrected chi connectivity index (χ4v) is 2.27. The summed E-state index contributed by atoms with van der Waals surface area (Å²) in [6.45, 7) is 8.82. The Morgan fingerprint density at radius 1 is 1.09 bits per heavy atom. The van der Waals surface area contributed by atoms with Crippen LogP contribution in [0.1, 0.15) is 50.7 Å². The van der Waals surface area contributed by atoms with Crippen LogP contribution in [-0.4, -0.2) is 18.4 Å². The number of hydrogen-bond donors (Lipinski definition) is 2. The Labute approximate surface area is 133 Å². The number of aryl methyl sites for hydroxylation is 2. The molecule has 1 unspecified atom stereocenters. The Hall–Kier alpha value is -1.84. The van der Waals surface area contributed by atoms with Gasteiger partial charge in [-0.2, -0.15) is 0 Å². The van der Waals surface area contributed by atoms with Crippen LogP contribution in [0, 0.1) is 19.8 Å². The molecule has 22 heavy (non-hydrogen) atoms. The molecule has 0 radical (unpaired) electrons. The Bertz CT molecular complexity index is 512. The van der Waals surface area contributed by atoms with Gasteiger partial charge in [0, 0.05) is 12.2 Å². The molecule has 0 aliphatic carbocycles. The largest absolute Gasteiger partial charge is 0.348 e. The van der Waals surface area contributed by atoms with Crippen LogP contribution in [0.15, 0.2) is 18.2 Å². The van der Waals surface area contributed by atoms with Gasteiger partial charge in [-0.15, -0.1) is 0 Å². The topological polar surface area (TPSA) is 58.2 Å². The van der Waals surface area contributed by atoms with Crippen molar-refractivity contribution in [2.75, 3.05) is 11.9 Å². The highest BCUT2D eigenvalue weighted by molar-refractivity contribution is 6.39. The standard InChI is InChI=1S/C18H28N2O2/c1-5-7-8-15(6-2)12-19-17(21)18(22)20-16-10-9-13(3)14(4)11-16/h9-11,15H,5-8,12H2,1-4H3,(H,19,21)(H,20,22). The van der Waals surface area contributed by atoms with Crippen LogP contribution in [0.3, 0.4) is 0 Å². The van der Waals surface area contributed by atoms with E-state index in [-0.39, 0.29) is 0 Å². The lowest BCUT2D eigenvalue weighted by molar-refractivity contribution is -0.136. The van der Waals surface area contributed by atoms with Crippen molar-refractivity contribution in [3.8, 4) is 0 Å². The van der Waals surface area contributed by atoms with Gasteiger partial charge in [0.1, 0.15) is 0 Å². The monoisotopic (exact) mass is 304 g/mol. The van der Waals surface area contributed by atoms with Gasteiger partial charge < -0.3 is 10.6 Å². The van der Waals surface area contributed by atoms with E-state index in [4.69, 9.17) is 0 Å². The summed E-state index contributed by atoms with van der Waals surface area (Å²) in [6, 6.07) is 5.61. The van der Waals surface area contributed by atoms with Crippen molar-refractivity contribution in [2.45, 2.75) is 53.4 Å². The van der Waals surface area contributed by atoms with Crippen LogP contribution in [0.4, 0.5) is 5.69 Å². The maximum Gasteiger partial charge on any atom is 0.313 e. The number of carbonyl (C=O) groups excluding carboxylic acids is 2. The molecule has 2 N–H and O–H groups in total. The molecule has 0 spiro atoms. The van der Waals surface area contributed by atoms with Gasteiger partial charge >= 0.3 is 11.8 Å². The lowest BCUT2D eigenvalue weighted by Gasteiger charge is -2.15. The highest BCUT2D eigenvalue weighted by atomic mass is 16.2. The van der Waals surface area contributed by atoms with Crippen molar-refractivity contribution in [1.82, 2.24) is 5.32 Å². The van der Waals surface area contributed by atoms with Crippen molar-refractivity contribution in [3.63, 3.8) is 0 Å². The van der Waals surface area contributed by atoms with Gasteiger partial charge in [-0.3, -0.25) is 9.59 Å². The first-order chi connectivity index (χ1) is 10.5. The third-order valence-electron chi connectivity index (χ3n) is 4.07. The highest BCUT2D eigenvalue weighted by Gasteiger charge is 2.15. The van der Waals surface area contributed by atoms with Crippen LogP contribution >= 0.6 is 0 Å². The fourth-order valence-electron chi connectivity index (χ4n) is 2.27. The molecule has 0 bridgehead atoms. The Balaban J connectivity index is 2.47. The van der Waals surface area contributed by atoms with E-state index < -0.39 is 11.8 Å². The average molecular weight is 304 g/mol. The molecule has 0 heterocycles. The molecule has 4 heteroatoms. The smallest absolute Gasteiger partial charge is 0.313 e. The van der Waals surface area contributed by atoms with E-state index in [1.54, 1.807) is 0 Å². The summed E-state index contributed by atoms with van der Waals surface area (Å²) >= 11 is 0. The molecule has 0 saturated heterocycles. The summed E-state index contributed by atoms with van der Waals surface area (Å²) < 4.78 is 0. The van der Waals surface area contributed by atoms with Gasteiger partial charge in [-0.1, -0.05) is 39.2 Å². The van der Waals surface area contributed by atoms with E-state index in [1.165, 1.54) is 0 Å². The molecule has 1 atom stereocenters. The second-order valence-corrected chi connectivity index (χ2v) is 5.88.